The van der Waals surface area contributed by atoms with Gasteiger partial charge in [-0.3, -0.25) is 14.6 Å². The van der Waals surface area contributed by atoms with Crippen LogP contribution in [0.2, 0.25) is 0 Å². The molecule has 0 bridgehead atoms. The number of amides is 2. The minimum atomic E-state index is -0.332. The molecule has 0 saturated heterocycles. The van der Waals surface area contributed by atoms with Crippen LogP contribution in [-0.2, 0) is 4.79 Å². The molecule has 0 fully saturated rings. The van der Waals surface area contributed by atoms with E-state index >= 15 is 0 Å². The maximum absolute atomic E-state index is 11.7. The monoisotopic (exact) mass is 222 g/mol. The minimum absolute atomic E-state index is 0.0482. The molecule has 6 nitrogen and oxygen atoms in total. The molecule has 1 heterocycles. The van der Waals surface area contributed by atoms with Gasteiger partial charge in [0.2, 0.25) is 5.91 Å². The van der Waals surface area contributed by atoms with Crippen molar-refractivity contribution in [2.24, 2.45) is 0 Å². The Kier molecular flexibility index (Phi) is 4.26. The van der Waals surface area contributed by atoms with Gasteiger partial charge in [-0.15, -0.1) is 0 Å². The molecule has 16 heavy (non-hydrogen) atoms. The van der Waals surface area contributed by atoms with Crippen molar-refractivity contribution in [1.82, 2.24) is 15.6 Å². The topological polar surface area (TPSA) is 83.1 Å². The molecule has 0 aromatic carbocycles. The van der Waals surface area contributed by atoms with Crippen LogP contribution in [0, 0.1) is 0 Å². The van der Waals surface area contributed by atoms with E-state index in [-0.39, 0.29) is 18.4 Å². The molecule has 0 aliphatic rings. The zero-order valence-corrected chi connectivity index (χ0v) is 9.20. The predicted octanol–water partition coefficient (Wildman–Crippen LogP) is -0.401. The molecule has 6 heteroatoms. The molecular weight excluding hydrogens is 208 g/mol. The highest BCUT2D eigenvalue weighted by atomic mass is 16.2. The summed E-state index contributed by atoms with van der Waals surface area (Å²) in [5, 5.41) is 7.79. The summed E-state index contributed by atoms with van der Waals surface area (Å²) >= 11 is 0. The average Bonchev–Trinajstić information content (AvgIpc) is 2.35. The van der Waals surface area contributed by atoms with E-state index in [1.54, 1.807) is 19.3 Å². The highest BCUT2D eigenvalue weighted by Crippen LogP contribution is 2.11. The van der Waals surface area contributed by atoms with Crippen LogP contribution in [0.15, 0.2) is 18.5 Å². The molecule has 0 aliphatic heterocycles. The van der Waals surface area contributed by atoms with Crippen molar-refractivity contribution in [2.75, 3.05) is 26.0 Å². The second kappa shape index (κ2) is 5.69. The number of hydrogen-bond donors (Lipinski definition) is 3. The van der Waals surface area contributed by atoms with Gasteiger partial charge in [-0.2, -0.15) is 0 Å². The molecule has 3 N–H and O–H groups in total. The average molecular weight is 222 g/mol. The van der Waals surface area contributed by atoms with Crippen LogP contribution < -0.4 is 16.0 Å². The molecule has 1 aromatic rings. The molecule has 2 amide bonds. The highest BCUT2D eigenvalue weighted by Gasteiger charge is 2.11. The van der Waals surface area contributed by atoms with E-state index in [0.29, 0.717) is 11.3 Å². The van der Waals surface area contributed by atoms with Crippen LogP contribution in [-0.4, -0.2) is 37.4 Å². The number of pyridine rings is 1. The van der Waals surface area contributed by atoms with Crippen molar-refractivity contribution in [3.63, 3.8) is 0 Å². The Bertz CT molecular complexity index is 392. The third kappa shape index (κ3) is 2.94. The summed E-state index contributed by atoms with van der Waals surface area (Å²) in [6.07, 6.45) is 3.03. The lowest BCUT2D eigenvalue weighted by Crippen LogP contribution is -2.35. The number of hydrogen-bond acceptors (Lipinski definition) is 4. The molecular formula is C10H14N4O2. The number of anilines is 1. The standard InChI is InChI=1S/C10H14N4O2/c1-11-8-3-4-13-5-7(8)10(16)14-6-9(15)12-2/h3-5H,6H2,1-2H3,(H,11,13)(H,12,15)(H,14,16). The molecule has 0 atom stereocenters. The van der Waals surface area contributed by atoms with Crippen molar-refractivity contribution in [3.05, 3.63) is 24.0 Å². The van der Waals surface area contributed by atoms with E-state index < -0.39 is 0 Å². The third-order valence-electron chi connectivity index (χ3n) is 2.02. The summed E-state index contributed by atoms with van der Waals surface area (Å²) in [6.45, 7) is -0.0482. The summed E-state index contributed by atoms with van der Waals surface area (Å²) in [4.78, 5) is 26.5. The van der Waals surface area contributed by atoms with Crippen molar-refractivity contribution in [2.45, 2.75) is 0 Å². The number of rotatable bonds is 4. The normalized spacial score (nSPS) is 9.38. The van der Waals surface area contributed by atoms with Gasteiger partial charge in [-0.05, 0) is 6.07 Å². The number of aromatic nitrogens is 1. The van der Waals surface area contributed by atoms with Crippen LogP contribution >= 0.6 is 0 Å². The van der Waals surface area contributed by atoms with Crippen molar-refractivity contribution in [3.8, 4) is 0 Å². The fourth-order valence-electron chi connectivity index (χ4n) is 1.14. The number of likely N-dealkylation sites (N-methyl/N-ethyl adjacent to an activating group) is 1. The van der Waals surface area contributed by atoms with Gasteiger partial charge in [0.25, 0.3) is 5.91 Å². The zero-order valence-electron chi connectivity index (χ0n) is 9.20. The number of carbonyl (C=O) groups excluding carboxylic acids is 2. The smallest absolute Gasteiger partial charge is 0.255 e. The molecule has 0 radical (unpaired) electrons. The van der Waals surface area contributed by atoms with E-state index in [4.69, 9.17) is 0 Å². The van der Waals surface area contributed by atoms with E-state index in [1.807, 2.05) is 0 Å². The highest BCUT2D eigenvalue weighted by molar-refractivity contribution is 6.00. The lowest BCUT2D eigenvalue weighted by atomic mass is 10.2. The van der Waals surface area contributed by atoms with Gasteiger partial charge in [0.15, 0.2) is 0 Å². The Morgan fingerprint density at radius 1 is 1.38 bits per heavy atom. The molecule has 0 unspecified atom stereocenters. The van der Waals surface area contributed by atoms with Gasteiger partial charge in [0.05, 0.1) is 12.1 Å². The minimum Gasteiger partial charge on any atom is -0.387 e. The lowest BCUT2D eigenvalue weighted by molar-refractivity contribution is -0.119. The fraction of sp³-hybridized carbons (Fsp3) is 0.300. The molecule has 1 rings (SSSR count). The van der Waals surface area contributed by atoms with Crippen molar-refractivity contribution >= 4 is 17.5 Å². The summed E-state index contributed by atoms with van der Waals surface area (Å²) < 4.78 is 0. The number of carbonyl (C=O) groups is 2. The quantitative estimate of drug-likeness (QED) is 0.647. The van der Waals surface area contributed by atoms with Gasteiger partial charge in [0, 0.05) is 32.2 Å². The molecule has 86 valence electrons. The van der Waals surface area contributed by atoms with Crippen molar-refractivity contribution in [1.29, 1.82) is 0 Å². The molecule has 0 saturated carbocycles. The summed E-state index contributed by atoms with van der Waals surface area (Å²) in [5.74, 6) is -0.579. The number of nitrogens with one attached hydrogen (secondary N) is 3. The van der Waals surface area contributed by atoms with Crippen LogP contribution in [0.3, 0.4) is 0 Å². The van der Waals surface area contributed by atoms with Gasteiger partial charge in [0.1, 0.15) is 0 Å². The maximum Gasteiger partial charge on any atom is 0.255 e. The fourth-order valence-corrected chi connectivity index (χ4v) is 1.14. The van der Waals surface area contributed by atoms with Crippen LogP contribution in [0.4, 0.5) is 5.69 Å². The van der Waals surface area contributed by atoms with Crippen LogP contribution in [0.5, 0.6) is 0 Å². The Balaban J connectivity index is 2.69. The summed E-state index contributed by atoms with van der Waals surface area (Å²) in [5.41, 5.74) is 1.08. The van der Waals surface area contributed by atoms with E-state index in [9.17, 15) is 9.59 Å². The second-order valence-corrected chi connectivity index (χ2v) is 3.03. The Labute approximate surface area is 93.4 Å². The second-order valence-electron chi connectivity index (χ2n) is 3.03. The SMILES string of the molecule is CNC(=O)CNC(=O)c1cnccc1NC. The van der Waals surface area contributed by atoms with Gasteiger partial charge in [-0.1, -0.05) is 0 Å². The number of nitrogens with zero attached hydrogens (tertiary/aromatic N) is 1. The largest absolute Gasteiger partial charge is 0.387 e. The van der Waals surface area contributed by atoms with Crippen LogP contribution in [0.25, 0.3) is 0 Å². The first-order chi connectivity index (χ1) is 7.69. The first-order valence-electron chi connectivity index (χ1n) is 4.79. The Morgan fingerprint density at radius 3 is 2.75 bits per heavy atom. The van der Waals surface area contributed by atoms with E-state index in [2.05, 4.69) is 20.9 Å². The van der Waals surface area contributed by atoms with Gasteiger partial charge in [-0.25, -0.2) is 0 Å². The van der Waals surface area contributed by atoms with E-state index in [0.717, 1.165) is 0 Å². The van der Waals surface area contributed by atoms with Crippen LogP contribution in [0.1, 0.15) is 10.4 Å². The summed E-state index contributed by atoms with van der Waals surface area (Å²) in [6, 6.07) is 1.69. The Morgan fingerprint density at radius 2 is 2.12 bits per heavy atom. The lowest BCUT2D eigenvalue weighted by Gasteiger charge is -2.08. The molecule has 1 aromatic heterocycles. The molecule has 0 spiro atoms. The van der Waals surface area contributed by atoms with E-state index in [1.165, 1.54) is 13.2 Å². The molecule has 0 aliphatic carbocycles. The third-order valence-corrected chi connectivity index (χ3v) is 2.02. The first-order valence-corrected chi connectivity index (χ1v) is 4.79. The predicted molar refractivity (Wildman–Crippen MR) is 60.2 cm³/mol. The Hall–Kier alpha value is -2.11. The van der Waals surface area contributed by atoms with Gasteiger partial charge >= 0.3 is 0 Å². The maximum atomic E-state index is 11.7. The van der Waals surface area contributed by atoms with Gasteiger partial charge < -0.3 is 16.0 Å². The van der Waals surface area contributed by atoms with Crippen molar-refractivity contribution < 1.29 is 9.59 Å². The zero-order chi connectivity index (χ0) is 12.0. The first kappa shape index (κ1) is 12.0. The summed E-state index contributed by atoms with van der Waals surface area (Å²) in [7, 11) is 3.22.